The first-order valence-electron chi connectivity index (χ1n) is 8.51. The van der Waals surface area contributed by atoms with Gasteiger partial charge in [-0.05, 0) is 44.1 Å². The van der Waals surface area contributed by atoms with E-state index >= 15 is 0 Å². The van der Waals surface area contributed by atoms with Crippen molar-refractivity contribution in [3.8, 4) is 0 Å². The standard InChI is InChI=1S/C16H20N6O2/c23-13(17-16-18-15(19-20-16)10-6-7-10)9-22-14(24)8-11-4-2-1-3-5-12(11)21-22/h8,10H,1-7,9H2,(H2,17,18,19,20,23). The van der Waals surface area contributed by atoms with E-state index in [0.717, 1.165) is 62.0 Å². The maximum atomic E-state index is 12.2. The highest BCUT2D eigenvalue weighted by molar-refractivity contribution is 5.88. The maximum Gasteiger partial charge on any atom is 0.267 e. The zero-order valence-corrected chi connectivity index (χ0v) is 13.4. The molecule has 2 aromatic heterocycles. The van der Waals surface area contributed by atoms with Crippen LogP contribution in [0.1, 0.15) is 55.1 Å². The molecule has 2 aromatic rings. The molecule has 24 heavy (non-hydrogen) atoms. The Kier molecular flexibility index (Phi) is 3.87. The summed E-state index contributed by atoms with van der Waals surface area (Å²) in [7, 11) is 0. The Balaban J connectivity index is 1.46. The molecule has 126 valence electrons. The van der Waals surface area contributed by atoms with Crippen molar-refractivity contribution in [2.75, 3.05) is 5.32 Å². The number of rotatable bonds is 4. The summed E-state index contributed by atoms with van der Waals surface area (Å²) in [6, 6.07) is 1.62. The van der Waals surface area contributed by atoms with Crippen LogP contribution in [0.15, 0.2) is 10.9 Å². The van der Waals surface area contributed by atoms with Gasteiger partial charge in [-0.1, -0.05) is 6.42 Å². The third-order valence-corrected chi connectivity index (χ3v) is 4.54. The highest BCUT2D eigenvalue weighted by atomic mass is 16.2. The molecule has 1 fully saturated rings. The summed E-state index contributed by atoms with van der Waals surface area (Å²) in [5, 5.41) is 13.8. The van der Waals surface area contributed by atoms with E-state index in [1.54, 1.807) is 6.07 Å². The molecule has 0 atom stereocenters. The molecule has 1 saturated carbocycles. The van der Waals surface area contributed by atoms with E-state index in [1.807, 2.05) is 0 Å². The molecule has 0 radical (unpaired) electrons. The van der Waals surface area contributed by atoms with Crippen LogP contribution >= 0.6 is 0 Å². The summed E-state index contributed by atoms with van der Waals surface area (Å²) in [5.41, 5.74) is 1.73. The highest BCUT2D eigenvalue weighted by Crippen LogP contribution is 2.38. The molecule has 8 nitrogen and oxygen atoms in total. The van der Waals surface area contributed by atoms with Crippen LogP contribution in [0.25, 0.3) is 0 Å². The zero-order valence-electron chi connectivity index (χ0n) is 13.4. The number of carbonyl (C=O) groups excluding carboxylic acids is 1. The number of hydrogen-bond acceptors (Lipinski definition) is 5. The number of amides is 1. The Morgan fingerprint density at radius 1 is 1.29 bits per heavy atom. The van der Waals surface area contributed by atoms with Gasteiger partial charge in [0.2, 0.25) is 11.9 Å². The number of aromatic nitrogens is 5. The molecule has 0 saturated heterocycles. The first-order chi connectivity index (χ1) is 11.7. The van der Waals surface area contributed by atoms with Crippen LogP contribution in [0.5, 0.6) is 0 Å². The van der Waals surface area contributed by atoms with Gasteiger partial charge >= 0.3 is 0 Å². The number of carbonyl (C=O) groups is 1. The van der Waals surface area contributed by atoms with Crippen molar-refractivity contribution in [3.63, 3.8) is 0 Å². The predicted octanol–water partition coefficient (Wildman–Crippen LogP) is 1.15. The van der Waals surface area contributed by atoms with Gasteiger partial charge in [0.15, 0.2) is 0 Å². The Hall–Kier alpha value is -2.51. The van der Waals surface area contributed by atoms with E-state index in [0.29, 0.717) is 5.92 Å². The monoisotopic (exact) mass is 328 g/mol. The quantitative estimate of drug-likeness (QED) is 0.819. The number of aryl methyl sites for hydroxylation is 2. The van der Waals surface area contributed by atoms with Gasteiger partial charge in [0.05, 0.1) is 5.69 Å². The summed E-state index contributed by atoms with van der Waals surface area (Å²) < 4.78 is 1.23. The van der Waals surface area contributed by atoms with Crippen molar-refractivity contribution < 1.29 is 4.79 Å². The summed E-state index contributed by atoms with van der Waals surface area (Å²) in [6.45, 7) is -0.126. The predicted molar refractivity (Wildman–Crippen MR) is 86.7 cm³/mol. The van der Waals surface area contributed by atoms with Crippen molar-refractivity contribution in [2.45, 2.75) is 57.4 Å². The Morgan fingerprint density at radius 3 is 2.96 bits per heavy atom. The minimum Gasteiger partial charge on any atom is -0.292 e. The molecular weight excluding hydrogens is 308 g/mol. The molecule has 2 heterocycles. The number of fused-ring (bicyclic) bond motifs is 1. The van der Waals surface area contributed by atoms with Crippen LogP contribution in [-0.4, -0.2) is 30.9 Å². The summed E-state index contributed by atoms with van der Waals surface area (Å²) in [4.78, 5) is 28.6. The molecule has 4 rings (SSSR count). The van der Waals surface area contributed by atoms with Gasteiger partial charge in [-0.3, -0.25) is 20.0 Å². The lowest BCUT2D eigenvalue weighted by Gasteiger charge is -2.09. The SMILES string of the molecule is O=C(Cn1nc2c(cc1=O)CCCCC2)Nc1n[nH]c(C2CC2)n1. The first-order valence-corrected chi connectivity index (χ1v) is 8.51. The van der Waals surface area contributed by atoms with Gasteiger partial charge in [-0.15, -0.1) is 5.10 Å². The van der Waals surface area contributed by atoms with E-state index in [2.05, 4.69) is 25.6 Å². The van der Waals surface area contributed by atoms with Crippen molar-refractivity contribution in [1.82, 2.24) is 25.0 Å². The highest BCUT2D eigenvalue weighted by Gasteiger charge is 2.27. The maximum absolute atomic E-state index is 12.2. The van der Waals surface area contributed by atoms with Crippen molar-refractivity contribution >= 4 is 11.9 Å². The molecule has 0 bridgehead atoms. The number of nitrogens with one attached hydrogen (secondary N) is 2. The fourth-order valence-corrected chi connectivity index (χ4v) is 3.06. The lowest BCUT2D eigenvalue weighted by atomic mass is 10.1. The number of hydrogen-bond donors (Lipinski definition) is 2. The molecule has 8 heteroatoms. The average Bonchev–Trinajstić information content (AvgIpc) is 3.33. The Labute approximate surface area is 138 Å². The smallest absolute Gasteiger partial charge is 0.267 e. The van der Waals surface area contributed by atoms with Crippen molar-refractivity contribution in [1.29, 1.82) is 0 Å². The van der Waals surface area contributed by atoms with Gasteiger partial charge in [-0.25, -0.2) is 4.68 Å². The average molecular weight is 328 g/mol. The third-order valence-electron chi connectivity index (χ3n) is 4.54. The fraction of sp³-hybridized carbons (Fsp3) is 0.562. The molecule has 0 spiro atoms. The molecule has 0 aliphatic heterocycles. The van der Waals surface area contributed by atoms with Gasteiger partial charge in [0.25, 0.3) is 5.56 Å². The van der Waals surface area contributed by atoms with E-state index in [1.165, 1.54) is 4.68 Å². The van der Waals surface area contributed by atoms with Crippen molar-refractivity contribution in [2.24, 2.45) is 0 Å². The van der Waals surface area contributed by atoms with E-state index < -0.39 is 0 Å². The second-order valence-corrected chi connectivity index (χ2v) is 6.54. The van der Waals surface area contributed by atoms with Crippen LogP contribution in [0, 0.1) is 0 Å². The number of anilines is 1. The number of nitrogens with zero attached hydrogens (tertiary/aromatic N) is 4. The largest absolute Gasteiger partial charge is 0.292 e. The van der Waals surface area contributed by atoms with Crippen LogP contribution in [0.3, 0.4) is 0 Å². The second-order valence-electron chi connectivity index (χ2n) is 6.54. The normalized spacial score (nSPS) is 17.2. The van der Waals surface area contributed by atoms with E-state index in [9.17, 15) is 9.59 Å². The molecule has 2 aliphatic carbocycles. The lowest BCUT2D eigenvalue weighted by Crippen LogP contribution is -2.31. The minimum absolute atomic E-state index is 0.126. The third kappa shape index (κ3) is 3.22. The van der Waals surface area contributed by atoms with Crippen LogP contribution in [-0.2, 0) is 24.2 Å². The molecule has 0 aromatic carbocycles. The van der Waals surface area contributed by atoms with Crippen molar-refractivity contribution in [3.05, 3.63) is 33.5 Å². The van der Waals surface area contributed by atoms with Crippen LogP contribution < -0.4 is 10.9 Å². The van der Waals surface area contributed by atoms with Gasteiger partial charge in [-0.2, -0.15) is 10.1 Å². The molecule has 2 aliphatic rings. The zero-order chi connectivity index (χ0) is 16.5. The minimum atomic E-state index is -0.348. The van der Waals surface area contributed by atoms with Crippen LogP contribution in [0.4, 0.5) is 5.95 Å². The topological polar surface area (TPSA) is 106 Å². The lowest BCUT2D eigenvalue weighted by molar-refractivity contribution is -0.117. The number of aromatic amines is 1. The molecule has 1 amide bonds. The second kappa shape index (κ2) is 6.18. The van der Waals surface area contributed by atoms with Crippen LogP contribution in [0.2, 0.25) is 0 Å². The van der Waals surface area contributed by atoms with Gasteiger partial charge in [0, 0.05) is 12.0 Å². The molecule has 0 unspecified atom stereocenters. The summed E-state index contributed by atoms with van der Waals surface area (Å²) in [6.07, 6.45) is 7.29. The van der Waals surface area contributed by atoms with Gasteiger partial charge < -0.3 is 0 Å². The fourth-order valence-electron chi connectivity index (χ4n) is 3.06. The Morgan fingerprint density at radius 2 is 2.12 bits per heavy atom. The van der Waals surface area contributed by atoms with E-state index in [4.69, 9.17) is 0 Å². The Bertz CT molecular complexity index is 820. The molecule has 2 N–H and O–H groups in total. The van der Waals surface area contributed by atoms with E-state index in [-0.39, 0.29) is 24.0 Å². The summed E-state index contributed by atoms with van der Waals surface area (Å²) in [5.74, 6) is 1.16. The number of H-pyrrole nitrogens is 1. The summed E-state index contributed by atoms with van der Waals surface area (Å²) >= 11 is 0. The molecular formula is C16H20N6O2. The van der Waals surface area contributed by atoms with Gasteiger partial charge in [0.1, 0.15) is 12.4 Å². The first kappa shape index (κ1) is 15.0.